The second-order valence-electron chi connectivity index (χ2n) is 10.6. The van der Waals surface area contributed by atoms with Crippen LogP contribution in [-0.4, -0.2) is 80.8 Å². The number of nitrogen functional groups attached to an aromatic ring is 1. The van der Waals surface area contributed by atoms with E-state index in [1.54, 1.807) is 44.2 Å². The molecule has 3 aromatic rings. The quantitative estimate of drug-likeness (QED) is 0.203. The van der Waals surface area contributed by atoms with Gasteiger partial charge in [0.15, 0.2) is 29.4 Å². The van der Waals surface area contributed by atoms with Crippen molar-refractivity contribution >= 4 is 36.6 Å². The van der Waals surface area contributed by atoms with Gasteiger partial charge in [-0.1, -0.05) is 18.2 Å². The van der Waals surface area contributed by atoms with Crippen LogP contribution in [-0.2, 0) is 23.4 Å². The number of fused-ring (bicyclic) bond motifs is 1. The number of hydrogen-bond donors (Lipinski definition) is 3. The van der Waals surface area contributed by atoms with Gasteiger partial charge in [0.2, 0.25) is 5.95 Å². The summed E-state index contributed by atoms with van der Waals surface area (Å²) in [6, 6.07) is 7.40. The monoisotopic (exact) mass is 607 g/mol. The average molecular weight is 608 g/mol. The van der Waals surface area contributed by atoms with E-state index in [1.165, 1.54) is 17.8 Å². The van der Waals surface area contributed by atoms with Crippen LogP contribution in [0, 0.1) is 0 Å². The van der Waals surface area contributed by atoms with E-state index in [1.807, 2.05) is 11.9 Å². The lowest BCUT2D eigenvalue weighted by Crippen LogP contribution is -2.37. The Hall–Kier alpha value is -3.36. The number of nitrogens with zero attached hydrogens (tertiary/aromatic N) is 5. The van der Waals surface area contributed by atoms with E-state index in [-0.39, 0.29) is 17.3 Å². The minimum atomic E-state index is -4.27. The molecule has 2 aromatic heterocycles. The highest BCUT2D eigenvalue weighted by atomic mass is 31.2. The second-order valence-corrected chi connectivity index (χ2v) is 12.3. The van der Waals surface area contributed by atoms with E-state index in [0.717, 1.165) is 12.8 Å². The first kappa shape index (κ1) is 30.1. The molecule has 1 saturated carbocycles. The number of anilines is 2. The molecule has 14 nitrogen and oxygen atoms in total. The van der Waals surface area contributed by atoms with Gasteiger partial charge in [-0.2, -0.15) is 15.1 Å². The first-order valence-corrected chi connectivity index (χ1v) is 15.2. The van der Waals surface area contributed by atoms with Gasteiger partial charge in [-0.05, 0) is 45.7 Å². The fourth-order valence-electron chi connectivity index (χ4n) is 4.56. The molecule has 0 unspecified atom stereocenters. The van der Waals surface area contributed by atoms with E-state index < -0.39 is 57.1 Å². The molecule has 3 heterocycles. The van der Waals surface area contributed by atoms with Crippen molar-refractivity contribution in [2.45, 2.75) is 76.4 Å². The van der Waals surface area contributed by atoms with E-state index in [0.29, 0.717) is 17.4 Å². The molecule has 6 atom stereocenters. The molecule has 2 fully saturated rings. The Bertz CT molecular complexity index is 1460. The number of carbonyl (C=O) groups excluding carboxylic acids is 1. The molecule has 4 N–H and O–H groups in total. The summed E-state index contributed by atoms with van der Waals surface area (Å²) in [6.45, 7) is 4.26. The lowest BCUT2D eigenvalue weighted by molar-refractivity contribution is -0.149. The first-order chi connectivity index (χ1) is 20.0. The zero-order chi connectivity index (χ0) is 30.2. The number of aliphatic hydroxyl groups is 1. The minimum Gasteiger partial charge on any atom is -0.462 e. The summed E-state index contributed by atoms with van der Waals surface area (Å²) in [6.07, 6.45) is -3.20. The van der Waals surface area contributed by atoms with Gasteiger partial charge in [0, 0.05) is 13.1 Å². The van der Waals surface area contributed by atoms with Crippen LogP contribution in [0.25, 0.3) is 11.2 Å². The van der Waals surface area contributed by atoms with Crippen molar-refractivity contribution in [3.8, 4) is 5.75 Å². The molecule has 0 spiro atoms. The Labute approximate surface area is 241 Å². The second kappa shape index (κ2) is 12.1. The van der Waals surface area contributed by atoms with E-state index in [2.05, 4.69) is 20.0 Å². The standard InChI is InChI=1S/C26H35FN7O7P/c1-14(2)39-25(36)15(3)32-42(37,41-17-8-6-5-7-9-17)38-12-18-21(35)19(27)24(40-18)34-13-29-20-22(33(4)16-10-11-16)30-26(28)31-23(20)34/h5-9,13-16,18-19,21,24,35H,10-12H2,1-4H3,(H,32,37)(H2,28,30,31)/t15-,18-,19-,21-,24-,42+/m1/s1. The number of nitrogens with two attached hydrogens (primary N) is 1. The number of esters is 1. The summed E-state index contributed by atoms with van der Waals surface area (Å²) in [4.78, 5) is 27.3. The van der Waals surface area contributed by atoms with E-state index in [9.17, 15) is 14.5 Å². The third-order valence-electron chi connectivity index (χ3n) is 6.85. The van der Waals surface area contributed by atoms with Crippen molar-refractivity contribution in [1.82, 2.24) is 24.6 Å². The Kier molecular flexibility index (Phi) is 8.67. The number of aromatic nitrogens is 4. The molecule has 1 aromatic carbocycles. The maximum atomic E-state index is 15.5. The van der Waals surface area contributed by atoms with Gasteiger partial charge in [-0.25, -0.2) is 13.9 Å². The average Bonchev–Trinajstić information content (AvgIpc) is 3.65. The van der Waals surface area contributed by atoms with Crippen molar-refractivity contribution in [3.05, 3.63) is 36.7 Å². The van der Waals surface area contributed by atoms with Crippen LogP contribution < -0.4 is 20.2 Å². The molecule has 42 heavy (non-hydrogen) atoms. The maximum Gasteiger partial charge on any atom is 0.459 e. The Balaban J connectivity index is 1.34. The number of alkyl halides is 1. The largest absolute Gasteiger partial charge is 0.462 e. The van der Waals surface area contributed by atoms with E-state index in [4.69, 9.17) is 24.3 Å². The zero-order valence-corrected chi connectivity index (χ0v) is 24.6. The van der Waals surface area contributed by atoms with Crippen molar-refractivity contribution < 1.29 is 37.4 Å². The van der Waals surface area contributed by atoms with E-state index >= 15 is 4.39 Å². The number of para-hydroxylation sites is 1. The summed E-state index contributed by atoms with van der Waals surface area (Å²) in [5.74, 6) is 0.0195. The van der Waals surface area contributed by atoms with Crippen LogP contribution in [0.5, 0.6) is 5.75 Å². The van der Waals surface area contributed by atoms with Crippen molar-refractivity contribution in [3.63, 3.8) is 0 Å². The number of hydrogen-bond acceptors (Lipinski definition) is 12. The molecule has 0 bridgehead atoms. The highest BCUT2D eigenvalue weighted by Gasteiger charge is 2.47. The number of carbonyl (C=O) groups is 1. The van der Waals surface area contributed by atoms with Crippen LogP contribution >= 0.6 is 7.75 Å². The summed E-state index contributed by atoms with van der Waals surface area (Å²) in [5.41, 5.74) is 6.62. The summed E-state index contributed by atoms with van der Waals surface area (Å²) in [7, 11) is -2.39. The fourth-order valence-corrected chi connectivity index (χ4v) is 6.06. The number of rotatable bonds is 12. The van der Waals surface area contributed by atoms with Gasteiger partial charge < -0.3 is 29.7 Å². The molecule has 2 aliphatic rings. The third-order valence-corrected chi connectivity index (χ3v) is 8.50. The Morgan fingerprint density at radius 3 is 2.67 bits per heavy atom. The Morgan fingerprint density at radius 1 is 1.29 bits per heavy atom. The minimum absolute atomic E-state index is 0.0178. The normalized spacial score (nSPS) is 24.5. The molecule has 1 aliphatic carbocycles. The molecule has 1 aliphatic heterocycles. The number of aliphatic hydroxyl groups excluding tert-OH is 1. The first-order valence-electron chi connectivity index (χ1n) is 13.6. The number of nitrogens with one attached hydrogen (secondary N) is 1. The summed E-state index contributed by atoms with van der Waals surface area (Å²) in [5, 5.41) is 13.3. The molecular weight excluding hydrogens is 572 g/mol. The Morgan fingerprint density at radius 2 is 2.00 bits per heavy atom. The number of halogens is 1. The van der Waals surface area contributed by atoms with Gasteiger partial charge in [0.05, 0.1) is 19.0 Å². The topological polar surface area (TPSA) is 176 Å². The van der Waals surface area contributed by atoms with Gasteiger partial charge in [0.25, 0.3) is 0 Å². The smallest absolute Gasteiger partial charge is 0.459 e. The highest BCUT2D eigenvalue weighted by molar-refractivity contribution is 7.52. The zero-order valence-electron chi connectivity index (χ0n) is 23.7. The summed E-state index contributed by atoms with van der Waals surface area (Å²) >= 11 is 0. The van der Waals surface area contributed by atoms with Crippen LogP contribution in [0.1, 0.15) is 39.8 Å². The van der Waals surface area contributed by atoms with Crippen LogP contribution in [0.3, 0.4) is 0 Å². The van der Waals surface area contributed by atoms with Crippen LogP contribution in [0.4, 0.5) is 16.2 Å². The SMILES string of the molecule is CC(C)OC(=O)[C@@H](C)N[P@](=O)(OC[C@H]1O[C@@H](n2cnc3c(N(C)C4CC4)nc(N)nc32)[C@H](F)[C@@H]1O)Oc1ccccc1. The predicted molar refractivity (Wildman–Crippen MR) is 150 cm³/mol. The van der Waals surface area contributed by atoms with Crippen molar-refractivity contribution in [2.75, 3.05) is 24.3 Å². The van der Waals surface area contributed by atoms with Crippen LogP contribution in [0.2, 0.25) is 0 Å². The third kappa shape index (κ3) is 6.50. The molecule has 0 radical (unpaired) electrons. The molecule has 5 rings (SSSR count). The molecule has 228 valence electrons. The number of benzene rings is 1. The fraction of sp³-hybridized carbons (Fsp3) is 0.538. The van der Waals surface area contributed by atoms with Gasteiger partial charge in [0.1, 0.15) is 24.0 Å². The maximum absolute atomic E-state index is 15.5. The van der Waals surface area contributed by atoms with Gasteiger partial charge in [-0.15, -0.1) is 0 Å². The molecule has 1 saturated heterocycles. The lowest BCUT2D eigenvalue weighted by atomic mass is 10.1. The van der Waals surface area contributed by atoms with Crippen LogP contribution in [0.15, 0.2) is 36.7 Å². The molecule has 16 heteroatoms. The lowest BCUT2D eigenvalue weighted by Gasteiger charge is -2.25. The van der Waals surface area contributed by atoms with Gasteiger partial charge >= 0.3 is 13.7 Å². The van der Waals surface area contributed by atoms with Crippen molar-refractivity contribution in [2.24, 2.45) is 0 Å². The molecule has 0 amide bonds. The highest BCUT2D eigenvalue weighted by Crippen LogP contribution is 2.46. The molecular formula is C26H35FN7O7P. The summed E-state index contributed by atoms with van der Waals surface area (Å²) < 4.78 is 52.8. The van der Waals surface area contributed by atoms with Gasteiger partial charge in [-0.3, -0.25) is 13.9 Å². The number of ether oxygens (including phenoxy) is 2. The van der Waals surface area contributed by atoms with Crippen molar-refractivity contribution in [1.29, 1.82) is 0 Å². The predicted octanol–water partition coefficient (Wildman–Crippen LogP) is 2.74. The number of imidazole rings is 1.